The molecule has 0 saturated heterocycles. The van der Waals surface area contributed by atoms with E-state index in [1.807, 2.05) is 11.8 Å². The average molecular weight is 172 g/mol. The number of nitriles is 1. The lowest BCUT2D eigenvalue weighted by atomic mass is 10.4. The van der Waals surface area contributed by atoms with Gasteiger partial charge in [-0.15, -0.1) is 0 Å². The van der Waals surface area contributed by atoms with Crippen molar-refractivity contribution in [2.45, 2.75) is 13.3 Å². The van der Waals surface area contributed by atoms with Gasteiger partial charge in [0, 0.05) is 25.3 Å². The zero-order chi connectivity index (χ0) is 8.53. The van der Waals surface area contributed by atoms with Gasteiger partial charge in [0.2, 0.25) is 0 Å². The molecule has 0 heterocycles. The highest BCUT2D eigenvalue weighted by Crippen LogP contribution is 1.98. The summed E-state index contributed by atoms with van der Waals surface area (Å²) in [6.07, 6.45) is 0.646. The van der Waals surface area contributed by atoms with Gasteiger partial charge in [0.1, 0.15) is 0 Å². The van der Waals surface area contributed by atoms with Gasteiger partial charge in [0.25, 0.3) is 0 Å². The Balaban J connectivity index is 3.10. The van der Waals surface area contributed by atoms with Crippen molar-refractivity contribution in [1.29, 1.82) is 5.26 Å². The fraction of sp³-hybridized carbons (Fsp3) is 0.875. The van der Waals surface area contributed by atoms with Gasteiger partial charge < -0.3 is 4.90 Å². The van der Waals surface area contributed by atoms with Crippen molar-refractivity contribution in [3.63, 3.8) is 0 Å². The monoisotopic (exact) mass is 172 g/mol. The highest BCUT2D eigenvalue weighted by molar-refractivity contribution is 7.99. The molecular formula is C8H16N2S. The van der Waals surface area contributed by atoms with E-state index in [0.717, 1.165) is 13.1 Å². The molecule has 0 aromatic rings. The number of rotatable bonds is 6. The Morgan fingerprint density at radius 2 is 2.18 bits per heavy atom. The average Bonchev–Trinajstić information content (AvgIpc) is 2.01. The van der Waals surface area contributed by atoms with Crippen LogP contribution >= 0.6 is 11.8 Å². The molecule has 0 atom stereocenters. The van der Waals surface area contributed by atoms with Crippen LogP contribution in [-0.2, 0) is 0 Å². The van der Waals surface area contributed by atoms with E-state index < -0.39 is 0 Å². The number of nitrogens with zero attached hydrogens (tertiary/aromatic N) is 2. The van der Waals surface area contributed by atoms with Gasteiger partial charge in [0.05, 0.1) is 6.07 Å². The highest BCUT2D eigenvalue weighted by atomic mass is 32.2. The normalized spacial score (nSPS) is 10.0. The van der Waals surface area contributed by atoms with E-state index in [2.05, 4.69) is 24.9 Å². The molecule has 0 bridgehead atoms. The summed E-state index contributed by atoms with van der Waals surface area (Å²) < 4.78 is 0. The van der Waals surface area contributed by atoms with E-state index in [4.69, 9.17) is 5.26 Å². The first-order valence-electron chi connectivity index (χ1n) is 3.94. The van der Waals surface area contributed by atoms with Crippen molar-refractivity contribution >= 4 is 11.8 Å². The van der Waals surface area contributed by atoms with Crippen molar-refractivity contribution in [2.75, 3.05) is 31.6 Å². The summed E-state index contributed by atoms with van der Waals surface area (Å²) >= 11 is 1.95. The lowest BCUT2D eigenvalue weighted by Gasteiger charge is -2.13. The summed E-state index contributed by atoms with van der Waals surface area (Å²) in [6.45, 7) is 4.17. The fourth-order valence-corrected chi connectivity index (χ4v) is 1.45. The molecule has 3 heteroatoms. The molecular weight excluding hydrogens is 156 g/mol. The molecule has 0 amide bonds. The minimum absolute atomic E-state index is 0.646. The Hall–Kier alpha value is -0.200. The third-order valence-electron chi connectivity index (χ3n) is 1.43. The molecule has 0 aliphatic rings. The molecule has 0 aliphatic heterocycles. The predicted molar refractivity (Wildman–Crippen MR) is 50.7 cm³/mol. The molecule has 0 rings (SSSR count). The topological polar surface area (TPSA) is 27.0 Å². The van der Waals surface area contributed by atoms with Crippen LogP contribution in [0.5, 0.6) is 0 Å². The molecule has 0 aromatic carbocycles. The predicted octanol–water partition coefficient (Wildman–Crippen LogP) is 1.58. The van der Waals surface area contributed by atoms with Crippen LogP contribution in [0.1, 0.15) is 13.3 Å². The zero-order valence-electron chi connectivity index (χ0n) is 7.34. The quantitative estimate of drug-likeness (QED) is 0.569. The van der Waals surface area contributed by atoms with Crippen LogP contribution in [0.4, 0.5) is 0 Å². The fourth-order valence-electron chi connectivity index (χ4n) is 0.717. The maximum Gasteiger partial charge on any atom is 0.0635 e. The molecule has 2 nitrogen and oxygen atoms in total. The van der Waals surface area contributed by atoms with E-state index >= 15 is 0 Å². The van der Waals surface area contributed by atoms with Crippen molar-refractivity contribution in [1.82, 2.24) is 4.90 Å². The van der Waals surface area contributed by atoms with Crippen molar-refractivity contribution < 1.29 is 0 Å². The van der Waals surface area contributed by atoms with Gasteiger partial charge in [-0.05, 0) is 12.8 Å². The molecule has 0 radical (unpaired) electrons. The number of thioether (sulfide) groups is 1. The Bertz CT molecular complexity index is 120. The highest BCUT2D eigenvalue weighted by Gasteiger charge is 1.95. The minimum atomic E-state index is 0.646. The third-order valence-corrected chi connectivity index (χ3v) is 2.31. The molecule has 0 saturated carbocycles. The van der Waals surface area contributed by atoms with Gasteiger partial charge in [-0.3, -0.25) is 0 Å². The van der Waals surface area contributed by atoms with Crippen LogP contribution in [0, 0.1) is 11.3 Å². The minimum Gasteiger partial charge on any atom is -0.305 e. The number of hydrogen-bond donors (Lipinski definition) is 0. The van der Waals surface area contributed by atoms with Crippen LogP contribution in [0.2, 0.25) is 0 Å². The molecule has 0 aromatic heterocycles. The lowest BCUT2D eigenvalue weighted by molar-refractivity contribution is 0.365. The standard InChI is InChI=1S/C8H16N2S/c1-3-11-8-7-10(2)6-4-5-9/h3-4,6-8H2,1-2H3. The Morgan fingerprint density at radius 1 is 1.45 bits per heavy atom. The molecule has 0 N–H and O–H groups in total. The van der Waals surface area contributed by atoms with E-state index in [-0.39, 0.29) is 0 Å². The van der Waals surface area contributed by atoms with Crippen molar-refractivity contribution in [3.8, 4) is 6.07 Å². The molecule has 0 spiro atoms. The van der Waals surface area contributed by atoms with E-state index in [1.54, 1.807) is 0 Å². The largest absolute Gasteiger partial charge is 0.305 e. The summed E-state index contributed by atoms with van der Waals surface area (Å²) in [6, 6.07) is 2.14. The smallest absolute Gasteiger partial charge is 0.0635 e. The number of hydrogen-bond acceptors (Lipinski definition) is 3. The van der Waals surface area contributed by atoms with E-state index in [9.17, 15) is 0 Å². The van der Waals surface area contributed by atoms with Crippen molar-refractivity contribution in [3.05, 3.63) is 0 Å². The summed E-state index contributed by atoms with van der Waals surface area (Å²) in [5, 5.41) is 8.30. The van der Waals surface area contributed by atoms with E-state index in [0.29, 0.717) is 6.42 Å². The molecule has 0 unspecified atom stereocenters. The van der Waals surface area contributed by atoms with Gasteiger partial charge in [-0.25, -0.2) is 0 Å². The molecule has 0 aliphatic carbocycles. The summed E-state index contributed by atoms with van der Waals surface area (Å²) in [5.74, 6) is 2.37. The summed E-state index contributed by atoms with van der Waals surface area (Å²) in [4.78, 5) is 2.20. The SMILES string of the molecule is CCSCCN(C)CCC#N. The lowest BCUT2D eigenvalue weighted by Crippen LogP contribution is -2.22. The summed E-state index contributed by atoms with van der Waals surface area (Å²) in [7, 11) is 2.06. The maximum absolute atomic E-state index is 8.30. The maximum atomic E-state index is 8.30. The van der Waals surface area contributed by atoms with Crippen LogP contribution in [0.15, 0.2) is 0 Å². The second-order valence-corrected chi connectivity index (χ2v) is 3.80. The Labute approximate surface area is 73.6 Å². The van der Waals surface area contributed by atoms with Crippen LogP contribution in [0.3, 0.4) is 0 Å². The summed E-state index contributed by atoms with van der Waals surface area (Å²) in [5.41, 5.74) is 0. The van der Waals surface area contributed by atoms with E-state index in [1.165, 1.54) is 11.5 Å². The molecule has 0 fully saturated rings. The molecule has 64 valence electrons. The Morgan fingerprint density at radius 3 is 2.73 bits per heavy atom. The third kappa shape index (κ3) is 7.70. The van der Waals surface area contributed by atoms with Crippen LogP contribution < -0.4 is 0 Å². The first-order chi connectivity index (χ1) is 5.31. The second-order valence-electron chi connectivity index (χ2n) is 2.41. The first kappa shape index (κ1) is 10.8. The first-order valence-corrected chi connectivity index (χ1v) is 5.10. The van der Waals surface area contributed by atoms with Gasteiger partial charge in [-0.2, -0.15) is 17.0 Å². The zero-order valence-corrected chi connectivity index (χ0v) is 8.15. The van der Waals surface area contributed by atoms with Crippen molar-refractivity contribution in [2.24, 2.45) is 0 Å². The van der Waals surface area contributed by atoms with Gasteiger partial charge in [0.15, 0.2) is 0 Å². The van der Waals surface area contributed by atoms with Crippen LogP contribution in [0.25, 0.3) is 0 Å². The molecule has 11 heavy (non-hydrogen) atoms. The Kier molecular flexibility index (Phi) is 7.76. The second kappa shape index (κ2) is 7.90. The van der Waals surface area contributed by atoms with Gasteiger partial charge >= 0.3 is 0 Å². The van der Waals surface area contributed by atoms with Crippen LogP contribution in [-0.4, -0.2) is 36.5 Å². The van der Waals surface area contributed by atoms with Gasteiger partial charge in [-0.1, -0.05) is 6.92 Å².